The van der Waals surface area contributed by atoms with E-state index >= 15 is 0 Å². The van der Waals surface area contributed by atoms with Crippen LogP contribution in [0.5, 0.6) is 5.75 Å². The number of halogens is 1. The summed E-state index contributed by atoms with van der Waals surface area (Å²) in [4.78, 5) is 14.5. The number of H-pyrrole nitrogens is 2. The van der Waals surface area contributed by atoms with Crippen molar-refractivity contribution in [1.82, 2.24) is 25.3 Å². The van der Waals surface area contributed by atoms with Gasteiger partial charge in [-0.05, 0) is 31.5 Å². The summed E-state index contributed by atoms with van der Waals surface area (Å²) < 4.78 is 5.74. The number of amides is 1. The van der Waals surface area contributed by atoms with E-state index in [9.17, 15) is 4.79 Å². The molecule has 0 spiro atoms. The van der Waals surface area contributed by atoms with Crippen molar-refractivity contribution in [1.29, 1.82) is 0 Å². The quantitative estimate of drug-likeness (QED) is 0.665. The van der Waals surface area contributed by atoms with Crippen molar-refractivity contribution in [3.8, 4) is 5.75 Å². The van der Waals surface area contributed by atoms with Crippen LogP contribution in [0.25, 0.3) is 0 Å². The lowest BCUT2D eigenvalue weighted by Gasteiger charge is -2.15. The summed E-state index contributed by atoms with van der Waals surface area (Å²) in [5.74, 6) is 0.951. The second-order valence-electron chi connectivity index (χ2n) is 6.99. The van der Waals surface area contributed by atoms with Crippen molar-refractivity contribution < 1.29 is 9.53 Å². The Bertz CT molecular complexity index is 967. The Kier molecular flexibility index (Phi) is 5.34. The summed E-state index contributed by atoms with van der Waals surface area (Å²) in [6, 6.07) is 9.50. The Morgan fingerprint density at radius 3 is 3.00 bits per heavy atom. The summed E-state index contributed by atoms with van der Waals surface area (Å²) in [5, 5.41) is 14.9. The standard InChI is InChI=1S/C20H22ClN5O2/c1-13-16(11-22-23-13)20(27)26-8-6-14(12-26)18-10-15(24-25-18)7-9-28-19-5-3-2-4-17(19)21/h2-5,10-11,14H,6-9,12H2,1H3,(H,22,23)(H,24,25)/t14-/m1/s1. The Morgan fingerprint density at radius 1 is 1.36 bits per heavy atom. The number of carbonyl (C=O) groups excluding carboxylic acids is 1. The number of ether oxygens (including phenoxy) is 1. The van der Waals surface area contributed by atoms with Crippen LogP contribution < -0.4 is 4.74 Å². The molecule has 1 aliphatic heterocycles. The Morgan fingerprint density at radius 2 is 2.21 bits per heavy atom. The van der Waals surface area contributed by atoms with Crippen LogP contribution in [0.3, 0.4) is 0 Å². The number of hydrogen-bond donors (Lipinski definition) is 2. The van der Waals surface area contributed by atoms with E-state index in [1.807, 2.05) is 36.1 Å². The second kappa shape index (κ2) is 8.06. The van der Waals surface area contributed by atoms with Crippen LogP contribution in [-0.2, 0) is 6.42 Å². The van der Waals surface area contributed by atoms with Gasteiger partial charge in [-0.2, -0.15) is 10.2 Å². The van der Waals surface area contributed by atoms with Crippen LogP contribution in [0.15, 0.2) is 36.5 Å². The molecule has 0 bridgehead atoms. The molecule has 2 aromatic heterocycles. The number of hydrogen-bond acceptors (Lipinski definition) is 4. The second-order valence-corrected chi connectivity index (χ2v) is 7.40. The third-order valence-corrected chi connectivity index (χ3v) is 5.38. The van der Waals surface area contributed by atoms with Crippen LogP contribution in [0.1, 0.15) is 39.8 Å². The molecule has 1 atom stereocenters. The largest absolute Gasteiger partial charge is 0.492 e. The zero-order valence-corrected chi connectivity index (χ0v) is 16.4. The van der Waals surface area contributed by atoms with E-state index in [1.54, 1.807) is 6.20 Å². The molecule has 1 saturated heterocycles. The summed E-state index contributed by atoms with van der Waals surface area (Å²) in [6.45, 7) is 3.77. The molecule has 0 unspecified atom stereocenters. The molecule has 8 heteroatoms. The van der Waals surface area contributed by atoms with Gasteiger partial charge in [0.2, 0.25) is 0 Å². The van der Waals surface area contributed by atoms with Crippen LogP contribution in [-0.4, -0.2) is 50.9 Å². The molecule has 1 amide bonds. The zero-order chi connectivity index (χ0) is 19.5. The van der Waals surface area contributed by atoms with Gasteiger partial charge in [-0.25, -0.2) is 0 Å². The topological polar surface area (TPSA) is 86.9 Å². The van der Waals surface area contributed by atoms with Crippen molar-refractivity contribution in [3.05, 3.63) is 64.2 Å². The predicted molar refractivity (Wildman–Crippen MR) is 106 cm³/mol. The summed E-state index contributed by atoms with van der Waals surface area (Å²) in [5.41, 5.74) is 3.44. The molecule has 3 heterocycles. The minimum absolute atomic E-state index is 0.0256. The van der Waals surface area contributed by atoms with Crippen molar-refractivity contribution in [2.24, 2.45) is 0 Å². The van der Waals surface area contributed by atoms with Gasteiger partial charge in [-0.1, -0.05) is 23.7 Å². The number of nitrogens with zero attached hydrogens (tertiary/aromatic N) is 3. The number of likely N-dealkylation sites (tertiary alicyclic amines) is 1. The average molecular weight is 400 g/mol. The molecule has 1 aliphatic rings. The summed E-state index contributed by atoms with van der Waals surface area (Å²) in [6.07, 6.45) is 3.21. The molecule has 1 aromatic carbocycles. The van der Waals surface area contributed by atoms with E-state index < -0.39 is 0 Å². The molecule has 146 valence electrons. The number of rotatable bonds is 6. The molecular weight excluding hydrogens is 378 g/mol. The van der Waals surface area contributed by atoms with Crippen molar-refractivity contribution in [3.63, 3.8) is 0 Å². The lowest BCUT2D eigenvalue weighted by Crippen LogP contribution is -2.28. The highest BCUT2D eigenvalue weighted by atomic mass is 35.5. The molecule has 0 radical (unpaired) electrons. The highest BCUT2D eigenvalue weighted by Crippen LogP contribution is 2.28. The minimum atomic E-state index is 0.0256. The number of benzene rings is 1. The molecular formula is C20H22ClN5O2. The van der Waals surface area contributed by atoms with E-state index in [-0.39, 0.29) is 11.8 Å². The molecule has 7 nitrogen and oxygen atoms in total. The maximum Gasteiger partial charge on any atom is 0.257 e. The van der Waals surface area contributed by atoms with Gasteiger partial charge in [-0.15, -0.1) is 0 Å². The monoisotopic (exact) mass is 399 g/mol. The van der Waals surface area contributed by atoms with Crippen LogP contribution in [0.2, 0.25) is 5.02 Å². The number of aromatic amines is 2. The van der Waals surface area contributed by atoms with Crippen molar-refractivity contribution in [2.45, 2.75) is 25.7 Å². The van der Waals surface area contributed by atoms with Gasteiger partial charge in [-0.3, -0.25) is 15.0 Å². The maximum atomic E-state index is 12.6. The number of carbonyl (C=O) groups is 1. The smallest absolute Gasteiger partial charge is 0.257 e. The van der Waals surface area contributed by atoms with Crippen molar-refractivity contribution in [2.75, 3.05) is 19.7 Å². The van der Waals surface area contributed by atoms with Gasteiger partial charge in [0.25, 0.3) is 5.91 Å². The number of para-hydroxylation sites is 1. The molecule has 0 saturated carbocycles. The Hall–Kier alpha value is -2.80. The first kappa shape index (κ1) is 18.6. The molecule has 3 aromatic rings. The fraction of sp³-hybridized carbons (Fsp3) is 0.350. The number of aryl methyl sites for hydroxylation is 1. The molecule has 1 fully saturated rings. The highest BCUT2D eigenvalue weighted by molar-refractivity contribution is 6.32. The van der Waals surface area contributed by atoms with E-state index in [0.717, 1.165) is 30.0 Å². The van der Waals surface area contributed by atoms with E-state index in [1.165, 1.54) is 0 Å². The first-order valence-corrected chi connectivity index (χ1v) is 9.70. The molecule has 2 N–H and O–H groups in total. The van der Waals surface area contributed by atoms with Gasteiger partial charge in [0.05, 0.1) is 29.1 Å². The summed E-state index contributed by atoms with van der Waals surface area (Å²) in [7, 11) is 0. The first-order valence-electron chi connectivity index (χ1n) is 9.32. The molecule has 28 heavy (non-hydrogen) atoms. The number of nitrogens with one attached hydrogen (secondary N) is 2. The molecule has 4 rings (SSSR count). The van der Waals surface area contributed by atoms with Gasteiger partial charge >= 0.3 is 0 Å². The highest BCUT2D eigenvalue weighted by Gasteiger charge is 2.30. The Labute approximate surface area is 168 Å². The SMILES string of the molecule is Cc1[nH]ncc1C(=O)N1CC[C@@H](c2cc(CCOc3ccccc3Cl)[nH]n2)C1. The lowest BCUT2D eigenvalue weighted by molar-refractivity contribution is 0.0790. The Balaban J connectivity index is 1.31. The number of aromatic nitrogens is 4. The average Bonchev–Trinajstić information content (AvgIpc) is 3.43. The normalized spacial score (nSPS) is 16.5. The lowest BCUT2D eigenvalue weighted by atomic mass is 10.0. The van der Waals surface area contributed by atoms with E-state index in [2.05, 4.69) is 26.5 Å². The fourth-order valence-electron chi connectivity index (χ4n) is 3.47. The zero-order valence-electron chi connectivity index (χ0n) is 15.6. The summed E-state index contributed by atoms with van der Waals surface area (Å²) >= 11 is 6.10. The van der Waals surface area contributed by atoms with Crippen LogP contribution in [0, 0.1) is 6.92 Å². The minimum Gasteiger partial charge on any atom is -0.492 e. The van der Waals surface area contributed by atoms with Crippen LogP contribution in [0.4, 0.5) is 0 Å². The van der Waals surface area contributed by atoms with Gasteiger partial charge in [0, 0.05) is 36.8 Å². The third-order valence-electron chi connectivity index (χ3n) is 5.07. The molecule has 0 aliphatic carbocycles. The first-order chi connectivity index (χ1) is 13.6. The van der Waals surface area contributed by atoms with Gasteiger partial charge < -0.3 is 9.64 Å². The van der Waals surface area contributed by atoms with Crippen LogP contribution >= 0.6 is 11.6 Å². The van der Waals surface area contributed by atoms with E-state index in [0.29, 0.717) is 35.9 Å². The maximum absolute atomic E-state index is 12.6. The van der Waals surface area contributed by atoms with Gasteiger partial charge in [0.1, 0.15) is 5.75 Å². The van der Waals surface area contributed by atoms with Crippen molar-refractivity contribution >= 4 is 17.5 Å². The third kappa shape index (κ3) is 3.89. The fourth-order valence-corrected chi connectivity index (χ4v) is 3.66. The predicted octanol–water partition coefficient (Wildman–Crippen LogP) is 3.35. The van der Waals surface area contributed by atoms with Gasteiger partial charge in [0.15, 0.2) is 0 Å². The van der Waals surface area contributed by atoms with E-state index in [4.69, 9.17) is 16.3 Å².